The van der Waals surface area contributed by atoms with E-state index >= 15 is 0 Å². The minimum absolute atomic E-state index is 0.0303. The first-order chi connectivity index (χ1) is 16.1. The van der Waals surface area contributed by atoms with Crippen LogP contribution in [-0.2, 0) is 14.2 Å². The molecule has 1 aromatic carbocycles. The monoisotopic (exact) mass is 454 g/mol. The van der Waals surface area contributed by atoms with Gasteiger partial charge in [-0.25, -0.2) is 0 Å². The summed E-state index contributed by atoms with van der Waals surface area (Å²) in [5.74, 6) is 2.51. The van der Waals surface area contributed by atoms with Crippen molar-refractivity contribution < 1.29 is 23.7 Å². The Hall–Kier alpha value is -1.43. The van der Waals surface area contributed by atoms with Gasteiger partial charge in [-0.1, -0.05) is 13.0 Å². The lowest BCUT2D eigenvalue weighted by atomic mass is 9.55. The first-order valence-corrected chi connectivity index (χ1v) is 13.3. The van der Waals surface area contributed by atoms with Gasteiger partial charge in [0.15, 0.2) is 18.4 Å². The number of ether oxygens (including phenoxy) is 4. The second-order valence-corrected chi connectivity index (χ2v) is 11.2. The third kappa shape index (κ3) is 4.04. The highest BCUT2D eigenvalue weighted by molar-refractivity contribution is 5.99. The van der Waals surface area contributed by atoms with E-state index in [4.69, 9.17) is 18.9 Å². The zero-order chi connectivity index (χ0) is 22.4. The Bertz CT molecular complexity index is 871. The fourth-order valence-corrected chi connectivity index (χ4v) is 7.59. The molecule has 5 heteroatoms. The molecule has 6 rings (SSSR count). The zero-order valence-electron chi connectivity index (χ0n) is 19.9. The maximum Gasteiger partial charge on any atom is 0.199 e. The second kappa shape index (κ2) is 8.98. The summed E-state index contributed by atoms with van der Waals surface area (Å²) in [5.41, 5.74) is 2.28. The van der Waals surface area contributed by atoms with Crippen LogP contribution in [0.1, 0.15) is 99.4 Å². The van der Waals surface area contributed by atoms with Crippen molar-refractivity contribution in [1.82, 2.24) is 0 Å². The van der Waals surface area contributed by atoms with Crippen LogP contribution in [0.2, 0.25) is 0 Å². The van der Waals surface area contributed by atoms with Crippen molar-refractivity contribution in [3.63, 3.8) is 0 Å². The van der Waals surface area contributed by atoms with Crippen molar-refractivity contribution in [1.29, 1.82) is 0 Å². The molecule has 0 spiro atoms. The van der Waals surface area contributed by atoms with Gasteiger partial charge in [0.25, 0.3) is 0 Å². The number of rotatable bonds is 4. The molecule has 2 aliphatic heterocycles. The van der Waals surface area contributed by atoms with E-state index in [9.17, 15) is 4.79 Å². The quantitative estimate of drug-likeness (QED) is 0.558. The largest absolute Gasteiger partial charge is 0.465 e. The Labute approximate surface area is 197 Å². The zero-order valence-corrected chi connectivity index (χ0v) is 19.9. The van der Waals surface area contributed by atoms with Crippen LogP contribution < -0.4 is 4.74 Å². The molecule has 0 radical (unpaired) electrons. The molecule has 0 bridgehead atoms. The van der Waals surface area contributed by atoms with E-state index in [1.165, 1.54) is 12.0 Å². The Morgan fingerprint density at radius 1 is 0.939 bits per heavy atom. The normalized spacial score (nSPS) is 40.6. The molecule has 180 valence electrons. The van der Waals surface area contributed by atoms with Crippen molar-refractivity contribution in [3.8, 4) is 5.75 Å². The highest BCUT2D eigenvalue weighted by Crippen LogP contribution is 2.61. The summed E-state index contributed by atoms with van der Waals surface area (Å²) in [5, 5.41) is 0. The Morgan fingerprint density at radius 3 is 2.48 bits per heavy atom. The molecule has 2 saturated carbocycles. The lowest BCUT2D eigenvalue weighted by Crippen LogP contribution is -2.46. The van der Waals surface area contributed by atoms with Crippen molar-refractivity contribution in [2.75, 3.05) is 13.2 Å². The van der Waals surface area contributed by atoms with E-state index in [1.54, 1.807) is 0 Å². The smallest absolute Gasteiger partial charge is 0.199 e. The number of hydrogen-bond donors (Lipinski definition) is 0. The van der Waals surface area contributed by atoms with Gasteiger partial charge < -0.3 is 18.9 Å². The number of carbonyl (C=O) groups excluding carboxylic acids is 1. The summed E-state index contributed by atoms with van der Waals surface area (Å²) >= 11 is 0. The van der Waals surface area contributed by atoms with E-state index < -0.39 is 0 Å². The minimum Gasteiger partial charge on any atom is -0.465 e. The van der Waals surface area contributed by atoms with Crippen molar-refractivity contribution in [3.05, 3.63) is 29.3 Å². The number of ketones is 1. The summed E-state index contributed by atoms with van der Waals surface area (Å²) in [6, 6.07) is 6.21. The second-order valence-electron chi connectivity index (χ2n) is 11.2. The summed E-state index contributed by atoms with van der Waals surface area (Å²) in [6.07, 6.45) is 11.8. The number of Topliss-reactive ketones (excluding diaryl/α,β-unsaturated/α-hetero) is 1. The van der Waals surface area contributed by atoms with E-state index in [1.807, 2.05) is 6.07 Å². The molecule has 1 aromatic rings. The lowest BCUT2D eigenvalue weighted by molar-refractivity contribution is -0.212. The van der Waals surface area contributed by atoms with Gasteiger partial charge in [0.05, 0.1) is 12.7 Å². The highest BCUT2D eigenvalue weighted by atomic mass is 16.7. The van der Waals surface area contributed by atoms with Crippen LogP contribution in [0, 0.1) is 17.3 Å². The average Bonchev–Trinajstić information content (AvgIpc) is 3.17. The predicted molar refractivity (Wildman–Crippen MR) is 124 cm³/mol. The molecule has 0 aromatic heterocycles. The average molecular weight is 455 g/mol. The number of hydrogen-bond acceptors (Lipinski definition) is 5. The summed E-state index contributed by atoms with van der Waals surface area (Å²) < 4.78 is 24.3. The van der Waals surface area contributed by atoms with Crippen LogP contribution in [0.5, 0.6) is 5.75 Å². The molecule has 7 atom stereocenters. The maximum atomic E-state index is 13.3. The van der Waals surface area contributed by atoms with Crippen LogP contribution >= 0.6 is 0 Å². The molecule has 2 saturated heterocycles. The first kappa shape index (κ1) is 22.1. The molecular formula is C28H38O5. The van der Waals surface area contributed by atoms with E-state index in [2.05, 4.69) is 19.1 Å². The van der Waals surface area contributed by atoms with Gasteiger partial charge in [-0.15, -0.1) is 0 Å². The van der Waals surface area contributed by atoms with Gasteiger partial charge in [0, 0.05) is 25.0 Å². The van der Waals surface area contributed by atoms with Crippen LogP contribution in [-0.4, -0.2) is 37.7 Å². The van der Waals surface area contributed by atoms with Gasteiger partial charge in [-0.3, -0.25) is 4.79 Å². The van der Waals surface area contributed by atoms with Gasteiger partial charge in [0.1, 0.15) is 5.75 Å². The lowest BCUT2D eigenvalue weighted by Gasteiger charge is -2.50. The molecule has 3 aliphatic carbocycles. The molecule has 5 nitrogen and oxygen atoms in total. The standard InChI is InChI=1S/C28H38O5/c1-28-13-12-20-19-9-8-18(32-26-6-2-4-14-30-26)16-22(19)24(29)17-21(20)23(28)10-11-25(28)33-27-7-3-5-15-31-27/h8-9,16,20-21,23,25-27H,2-7,10-15,17H2,1H3/t20?,21?,23?,25-,26?,27?,28-/m0/s1. The molecule has 0 amide bonds. The summed E-state index contributed by atoms with van der Waals surface area (Å²) in [4.78, 5) is 13.3. The van der Waals surface area contributed by atoms with Crippen molar-refractivity contribution in [2.24, 2.45) is 17.3 Å². The van der Waals surface area contributed by atoms with E-state index in [0.29, 0.717) is 24.2 Å². The third-order valence-electron chi connectivity index (χ3n) is 9.36. The van der Waals surface area contributed by atoms with E-state index in [0.717, 1.165) is 82.3 Å². The predicted octanol–water partition coefficient (Wildman–Crippen LogP) is 6.00. The van der Waals surface area contributed by atoms with Crippen LogP contribution in [0.25, 0.3) is 0 Å². The molecular weight excluding hydrogens is 416 g/mol. The minimum atomic E-state index is -0.179. The van der Waals surface area contributed by atoms with Crippen molar-refractivity contribution >= 4 is 5.78 Å². The van der Waals surface area contributed by atoms with Crippen molar-refractivity contribution in [2.45, 2.75) is 102 Å². The highest BCUT2D eigenvalue weighted by Gasteiger charge is 2.56. The summed E-state index contributed by atoms with van der Waals surface area (Å²) in [7, 11) is 0. The van der Waals surface area contributed by atoms with Gasteiger partial charge >= 0.3 is 0 Å². The van der Waals surface area contributed by atoms with Gasteiger partial charge in [0.2, 0.25) is 0 Å². The molecule has 4 fully saturated rings. The molecule has 0 N–H and O–H groups in total. The Morgan fingerprint density at radius 2 is 1.73 bits per heavy atom. The Kier molecular flexibility index (Phi) is 6.00. The van der Waals surface area contributed by atoms with Gasteiger partial charge in [-0.05, 0) is 98.7 Å². The molecule has 33 heavy (non-hydrogen) atoms. The summed E-state index contributed by atoms with van der Waals surface area (Å²) in [6.45, 7) is 4.01. The van der Waals surface area contributed by atoms with E-state index in [-0.39, 0.29) is 29.9 Å². The maximum absolute atomic E-state index is 13.3. The fraction of sp³-hybridized carbons (Fsp3) is 0.750. The van der Waals surface area contributed by atoms with Crippen LogP contribution in [0.4, 0.5) is 0 Å². The fourth-order valence-electron chi connectivity index (χ4n) is 7.59. The first-order valence-electron chi connectivity index (χ1n) is 13.3. The molecule has 5 unspecified atom stereocenters. The SMILES string of the molecule is C[C@]12CCC3c4ccc(OC5CCCCO5)cc4C(=O)CC3C1CC[C@@H]2OC1CCCCO1. The van der Waals surface area contributed by atoms with Crippen LogP contribution in [0.3, 0.4) is 0 Å². The molecule has 2 heterocycles. The molecule has 5 aliphatic rings. The number of benzene rings is 1. The van der Waals surface area contributed by atoms with Gasteiger partial charge in [-0.2, -0.15) is 0 Å². The third-order valence-corrected chi connectivity index (χ3v) is 9.36. The van der Waals surface area contributed by atoms with Crippen LogP contribution in [0.15, 0.2) is 18.2 Å². The number of fused-ring (bicyclic) bond motifs is 5. The topological polar surface area (TPSA) is 54.0 Å². The number of carbonyl (C=O) groups is 1. The Balaban J connectivity index is 1.19.